The SMILES string of the molecule is COc1cc2nc(Nc3nc4cccc(OC)c4c(=O)[nH]3)nc(C)c2cc1OC.O=C(O)C(F)(F)F. The third-order valence-corrected chi connectivity index (χ3v) is 4.78. The van der Waals surface area contributed by atoms with Gasteiger partial charge >= 0.3 is 12.1 Å². The highest BCUT2D eigenvalue weighted by Gasteiger charge is 2.38. The molecule has 0 aliphatic heterocycles. The quantitative estimate of drug-likeness (QED) is 0.366. The van der Waals surface area contributed by atoms with Gasteiger partial charge in [0.15, 0.2) is 11.5 Å². The zero-order chi connectivity index (χ0) is 26.6. The number of aliphatic carboxylic acids is 1. The molecule has 2 heterocycles. The number of carbonyl (C=O) groups is 1. The average Bonchev–Trinajstić information content (AvgIpc) is 2.82. The number of hydrogen-bond acceptors (Lipinski definition) is 9. The summed E-state index contributed by atoms with van der Waals surface area (Å²) in [5.41, 5.74) is 1.59. The molecular formula is C22H20F3N5O6. The van der Waals surface area contributed by atoms with E-state index in [4.69, 9.17) is 24.1 Å². The third kappa shape index (κ3) is 5.54. The first-order chi connectivity index (χ1) is 17.0. The second-order valence-corrected chi connectivity index (χ2v) is 7.05. The van der Waals surface area contributed by atoms with Crippen LogP contribution in [-0.2, 0) is 4.79 Å². The lowest BCUT2D eigenvalue weighted by Gasteiger charge is -2.12. The Balaban J connectivity index is 0.000000454. The lowest BCUT2D eigenvalue weighted by atomic mass is 10.1. The van der Waals surface area contributed by atoms with E-state index in [1.165, 1.54) is 7.11 Å². The van der Waals surface area contributed by atoms with Gasteiger partial charge in [0.05, 0.1) is 38.1 Å². The van der Waals surface area contributed by atoms with Gasteiger partial charge in [0.25, 0.3) is 5.56 Å². The number of aromatic nitrogens is 4. The number of methoxy groups -OCH3 is 3. The molecule has 0 bridgehead atoms. The van der Waals surface area contributed by atoms with E-state index >= 15 is 0 Å². The molecule has 0 radical (unpaired) electrons. The van der Waals surface area contributed by atoms with Gasteiger partial charge in [0.2, 0.25) is 11.9 Å². The Kier molecular flexibility index (Phi) is 7.46. The van der Waals surface area contributed by atoms with Crippen LogP contribution in [0.4, 0.5) is 25.1 Å². The Hall–Kier alpha value is -4.62. The maximum Gasteiger partial charge on any atom is 0.490 e. The number of hydrogen-bond donors (Lipinski definition) is 3. The monoisotopic (exact) mass is 507 g/mol. The normalized spacial score (nSPS) is 11.0. The largest absolute Gasteiger partial charge is 0.496 e. The number of carboxylic acids is 1. The predicted octanol–water partition coefficient (Wildman–Crippen LogP) is 3.58. The van der Waals surface area contributed by atoms with Gasteiger partial charge in [-0.05, 0) is 25.1 Å². The lowest BCUT2D eigenvalue weighted by Crippen LogP contribution is -2.21. The molecule has 36 heavy (non-hydrogen) atoms. The summed E-state index contributed by atoms with van der Waals surface area (Å²) in [4.78, 5) is 37.5. The van der Waals surface area contributed by atoms with Crippen LogP contribution in [0, 0.1) is 6.92 Å². The molecule has 0 amide bonds. The minimum Gasteiger partial charge on any atom is -0.496 e. The number of nitrogens with one attached hydrogen (secondary N) is 2. The van der Waals surface area contributed by atoms with E-state index in [1.54, 1.807) is 38.5 Å². The van der Waals surface area contributed by atoms with Crippen molar-refractivity contribution in [2.24, 2.45) is 0 Å². The first-order valence-electron chi connectivity index (χ1n) is 10.0. The molecule has 0 saturated carbocycles. The Labute approximate surface area is 200 Å². The number of ether oxygens (including phenoxy) is 3. The molecule has 11 nitrogen and oxygen atoms in total. The summed E-state index contributed by atoms with van der Waals surface area (Å²) in [5, 5.41) is 11.3. The summed E-state index contributed by atoms with van der Waals surface area (Å²) < 4.78 is 47.7. The van der Waals surface area contributed by atoms with Crippen LogP contribution in [0.3, 0.4) is 0 Å². The Bertz CT molecular complexity index is 1490. The summed E-state index contributed by atoms with van der Waals surface area (Å²) >= 11 is 0. The number of carboxylic acid groups (broad SMARTS) is 1. The van der Waals surface area contributed by atoms with E-state index in [0.717, 1.165) is 11.1 Å². The molecule has 4 aromatic rings. The summed E-state index contributed by atoms with van der Waals surface area (Å²) in [5.74, 6) is -0.605. The number of aromatic amines is 1. The average molecular weight is 507 g/mol. The molecule has 0 aliphatic carbocycles. The molecular weight excluding hydrogens is 487 g/mol. The number of benzene rings is 2. The number of halogens is 3. The molecule has 0 atom stereocenters. The number of H-pyrrole nitrogens is 1. The minimum atomic E-state index is -5.08. The van der Waals surface area contributed by atoms with Crippen LogP contribution in [0.15, 0.2) is 35.1 Å². The Morgan fingerprint density at radius 3 is 2.17 bits per heavy atom. The van der Waals surface area contributed by atoms with Crippen molar-refractivity contribution in [1.82, 2.24) is 19.9 Å². The van der Waals surface area contributed by atoms with Gasteiger partial charge < -0.3 is 19.3 Å². The zero-order valence-corrected chi connectivity index (χ0v) is 19.4. The molecule has 0 fully saturated rings. The standard InChI is InChI=1S/C20H19N5O4.C2HF3O2/c1-10-11-8-15(28-3)16(29-4)9-13(11)23-19(21-10)25-20-22-12-6-5-7-14(27-2)17(12)18(26)24-20;3-2(4,5)1(6)7/h5-9H,1-4H3,(H2,21,22,23,24,25,26);(H,6,7). The molecule has 0 spiro atoms. The first kappa shape index (κ1) is 26.0. The van der Waals surface area contributed by atoms with Gasteiger partial charge in [0.1, 0.15) is 11.1 Å². The Morgan fingerprint density at radius 1 is 0.972 bits per heavy atom. The van der Waals surface area contributed by atoms with Crippen molar-refractivity contribution in [3.63, 3.8) is 0 Å². The molecule has 4 rings (SSSR count). The number of alkyl halides is 3. The summed E-state index contributed by atoms with van der Waals surface area (Å²) in [6, 6.07) is 8.82. The van der Waals surface area contributed by atoms with Crippen LogP contribution in [-0.4, -0.2) is 58.5 Å². The second kappa shape index (κ2) is 10.3. The van der Waals surface area contributed by atoms with Gasteiger partial charge in [-0.15, -0.1) is 0 Å². The fraction of sp³-hybridized carbons (Fsp3) is 0.227. The molecule has 0 aliphatic rings. The van der Waals surface area contributed by atoms with Crippen LogP contribution in [0.2, 0.25) is 0 Å². The van der Waals surface area contributed by atoms with E-state index in [0.29, 0.717) is 39.6 Å². The van der Waals surface area contributed by atoms with Crippen molar-refractivity contribution in [3.8, 4) is 17.2 Å². The van der Waals surface area contributed by atoms with Crippen LogP contribution < -0.4 is 25.1 Å². The molecule has 2 aromatic carbocycles. The maximum atomic E-state index is 12.5. The number of aryl methyl sites for hydroxylation is 1. The highest BCUT2D eigenvalue weighted by Crippen LogP contribution is 2.33. The molecule has 14 heteroatoms. The number of anilines is 2. The molecule has 0 saturated heterocycles. The zero-order valence-electron chi connectivity index (χ0n) is 19.4. The minimum absolute atomic E-state index is 0.231. The van der Waals surface area contributed by atoms with E-state index < -0.39 is 12.1 Å². The van der Waals surface area contributed by atoms with Crippen molar-refractivity contribution in [2.45, 2.75) is 13.1 Å². The van der Waals surface area contributed by atoms with Gasteiger partial charge in [-0.3, -0.25) is 15.1 Å². The van der Waals surface area contributed by atoms with Gasteiger partial charge in [-0.1, -0.05) is 6.07 Å². The summed E-state index contributed by atoms with van der Waals surface area (Å²) in [6.07, 6.45) is -5.08. The number of rotatable bonds is 5. The molecule has 0 unspecified atom stereocenters. The summed E-state index contributed by atoms with van der Waals surface area (Å²) in [7, 11) is 4.65. The van der Waals surface area contributed by atoms with Gasteiger partial charge in [-0.2, -0.15) is 13.2 Å². The van der Waals surface area contributed by atoms with E-state index in [1.807, 2.05) is 13.0 Å². The number of nitrogens with zero attached hydrogens (tertiary/aromatic N) is 3. The van der Waals surface area contributed by atoms with Gasteiger partial charge in [0, 0.05) is 11.5 Å². The van der Waals surface area contributed by atoms with E-state index in [9.17, 15) is 18.0 Å². The van der Waals surface area contributed by atoms with Crippen molar-refractivity contribution in [2.75, 3.05) is 26.6 Å². The first-order valence-corrected chi connectivity index (χ1v) is 10.0. The highest BCUT2D eigenvalue weighted by molar-refractivity contribution is 5.87. The fourth-order valence-corrected chi connectivity index (χ4v) is 3.16. The Morgan fingerprint density at radius 2 is 1.58 bits per heavy atom. The van der Waals surface area contributed by atoms with Crippen molar-refractivity contribution in [3.05, 3.63) is 46.4 Å². The molecule has 190 valence electrons. The van der Waals surface area contributed by atoms with E-state index in [-0.39, 0.29) is 11.5 Å². The van der Waals surface area contributed by atoms with Crippen LogP contribution in [0.5, 0.6) is 17.2 Å². The smallest absolute Gasteiger partial charge is 0.490 e. The third-order valence-electron chi connectivity index (χ3n) is 4.78. The maximum absolute atomic E-state index is 12.5. The highest BCUT2D eigenvalue weighted by atomic mass is 19.4. The van der Waals surface area contributed by atoms with Crippen molar-refractivity contribution in [1.29, 1.82) is 0 Å². The second-order valence-electron chi connectivity index (χ2n) is 7.05. The van der Waals surface area contributed by atoms with Crippen LogP contribution in [0.25, 0.3) is 21.8 Å². The molecule has 3 N–H and O–H groups in total. The fourth-order valence-electron chi connectivity index (χ4n) is 3.16. The summed E-state index contributed by atoms with van der Waals surface area (Å²) in [6.45, 7) is 1.86. The molecule has 2 aromatic heterocycles. The number of fused-ring (bicyclic) bond motifs is 2. The van der Waals surface area contributed by atoms with Crippen molar-refractivity contribution < 1.29 is 37.3 Å². The topological polar surface area (TPSA) is 149 Å². The van der Waals surface area contributed by atoms with Crippen molar-refractivity contribution >= 4 is 39.7 Å². The van der Waals surface area contributed by atoms with Gasteiger partial charge in [-0.25, -0.2) is 19.7 Å². The van der Waals surface area contributed by atoms with E-state index in [2.05, 4.69) is 25.3 Å². The lowest BCUT2D eigenvalue weighted by molar-refractivity contribution is -0.192. The predicted molar refractivity (Wildman–Crippen MR) is 123 cm³/mol. The van der Waals surface area contributed by atoms with Crippen LogP contribution in [0.1, 0.15) is 5.69 Å². The van der Waals surface area contributed by atoms with Crippen LogP contribution >= 0.6 is 0 Å².